The maximum atomic E-state index is 13.6. The lowest BCUT2D eigenvalue weighted by Crippen LogP contribution is -2.49. The van der Waals surface area contributed by atoms with E-state index in [0.29, 0.717) is 23.6 Å². The number of hydrogen-bond acceptors (Lipinski definition) is 6. The Kier molecular flexibility index (Phi) is 7.58. The van der Waals surface area contributed by atoms with E-state index in [1.165, 1.54) is 17.1 Å². The van der Waals surface area contributed by atoms with Crippen molar-refractivity contribution in [3.8, 4) is 17.6 Å². The third-order valence-electron chi connectivity index (χ3n) is 6.43. The van der Waals surface area contributed by atoms with Crippen LogP contribution in [0.2, 0.25) is 0 Å². The van der Waals surface area contributed by atoms with Crippen molar-refractivity contribution >= 4 is 10.0 Å². The van der Waals surface area contributed by atoms with Gasteiger partial charge in [0.05, 0.1) is 6.61 Å². The summed E-state index contributed by atoms with van der Waals surface area (Å²) in [5.74, 6) is 7.07. The zero-order chi connectivity index (χ0) is 24.3. The first-order valence-corrected chi connectivity index (χ1v) is 13.3. The molecule has 1 aromatic carbocycles. The van der Waals surface area contributed by atoms with Crippen LogP contribution in [0.25, 0.3) is 0 Å². The minimum Gasteiger partial charge on any atom is -0.487 e. The Morgan fingerprint density at radius 2 is 2.03 bits per heavy atom. The summed E-state index contributed by atoms with van der Waals surface area (Å²) in [6, 6.07) is 9.94. The normalized spacial score (nSPS) is 23.1. The predicted molar refractivity (Wildman–Crippen MR) is 131 cm³/mol. The third kappa shape index (κ3) is 5.78. The van der Waals surface area contributed by atoms with Crippen molar-refractivity contribution in [2.24, 2.45) is 11.8 Å². The second kappa shape index (κ2) is 10.4. The van der Waals surface area contributed by atoms with Gasteiger partial charge in [-0.15, -0.1) is 0 Å². The molecule has 0 spiro atoms. The standard InChI is InChI=1S/C26H33N3O4S/c1-19-15-29(20(2)18-30)34(31,32)26-12-10-21(9-11-23-6-4-5-13-27-23)14-24(26)33-25(19)17-28(3)16-22-7-8-22/h4-6,10,12-14,19-20,22,25,30H,7-8,15-18H2,1-3H3/t19-,20+,25-/m0/s1. The van der Waals surface area contributed by atoms with E-state index in [2.05, 4.69) is 28.8 Å². The van der Waals surface area contributed by atoms with E-state index in [-0.39, 0.29) is 30.1 Å². The van der Waals surface area contributed by atoms with Gasteiger partial charge in [-0.25, -0.2) is 13.4 Å². The molecule has 2 aromatic rings. The lowest BCUT2D eigenvalue weighted by atomic mass is 10.0. The van der Waals surface area contributed by atoms with Crippen LogP contribution >= 0.6 is 0 Å². The van der Waals surface area contributed by atoms with Crippen LogP contribution in [0.5, 0.6) is 5.75 Å². The van der Waals surface area contributed by atoms with Crippen LogP contribution in [0.4, 0.5) is 0 Å². The van der Waals surface area contributed by atoms with Gasteiger partial charge < -0.3 is 14.7 Å². The number of ether oxygens (including phenoxy) is 1. The Morgan fingerprint density at radius 3 is 2.71 bits per heavy atom. The molecule has 2 heterocycles. The van der Waals surface area contributed by atoms with Crippen LogP contribution in [-0.4, -0.2) is 73.1 Å². The van der Waals surface area contributed by atoms with Crippen molar-refractivity contribution in [2.45, 2.75) is 43.7 Å². The molecule has 1 aliphatic heterocycles. The van der Waals surface area contributed by atoms with Crippen molar-refractivity contribution < 1.29 is 18.3 Å². The quantitative estimate of drug-likeness (QED) is 0.636. The van der Waals surface area contributed by atoms with Crippen LogP contribution in [0.1, 0.15) is 37.9 Å². The van der Waals surface area contributed by atoms with Crippen molar-refractivity contribution in [3.63, 3.8) is 0 Å². The van der Waals surface area contributed by atoms with Crippen molar-refractivity contribution in [1.29, 1.82) is 0 Å². The zero-order valence-corrected chi connectivity index (χ0v) is 20.8. The van der Waals surface area contributed by atoms with Gasteiger partial charge in [-0.3, -0.25) is 0 Å². The number of fused-ring (bicyclic) bond motifs is 1. The van der Waals surface area contributed by atoms with E-state index >= 15 is 0 Å². The van der Waals surface area contributed by atoms with Gasteiger partial charge in [0.15, 0.2) is 0 Å². The summed E-state index contributed by atoms with van der Waals surface area (Å²) in [5, 5.41) is 9.79. The van der Waals surface area contributed by atoms with Crippen LogP contribution in [0.15, 0.2) is 47.5 Å². The number of likely N-dealkylation sites (N-methyl/N-ethyl adjacent to an activating group) is 1. The number of hydrogen-bond donors (Lipinski definition) is 1. The number of sulfonamides is 1. The van der Waals surface area contributed by atoms with Crippen molar-refractivity contribution in [2.75, 3.05) is 33.3 Å². The first-order valence-electron chi connectivity index (χ1n) is 11.8. The maximum absolute atomic E-state index is 13.6. The lowest BCUT2D eigenvalue weighted by molar-refractivity contribution is 0.0740. The number of pyridine rings is 1. The van der Waals surface area contributed by atoms with Gasteiger partial charge in [0, 0.05) is 43.4 Å². The molecule has 1 fully saturated rings. The van der Waals surface area contributed by atoms with E-state index in [1.807, 2.05) is 25.1 Å². The molecule has 0 unspecified atom stereocenters. The highest BCUT2D eigenvalue weighted by Crippen LogP contribution is 2.35. The van der Waals surface area contributed by atoms with Crippen LogP contribution in [0, 0.1) is 23.7 Å². The Labute approximate surface area is 202 Å². The van der Waals surface area contributed by atoms with Gasteiger partial charge in [0.25, 0.3) is 0 Å². The van der Waals surface area contributed by atoms with Gasteiger partial charge in [-0.05, 0) is 69.0 Å². The number of aliphatic hydroxyl groups excluding tert-OH is 1. The Balaban J connectivity index is 1.71. The molecule has 1 N–H and O–H groups in total. The fourth-order valence-electron chi connectivity index (χ4n) is 4.22. The molecule has 0 bridgehead atoms. The molecule has 34 heavy (non-hydrogen) atoms. The lowest BCUT2D eigenvalue weighted by Gasteiger charge is -2.37. The Bertz CT molecular complexity index is 1160. The molecule has 7 nitrogen and oxygen atoms in total. The highest BCUT2D eigenvalue weighted by molar-refractivity contribution is 7.89. The molecule has 1 aromatic heterocycles. The highest BCUT2D eigenvalue weighted by atomic mass is 32.2. The van der Waals surface area contributed by atoms with E-state index in [1.54, 1.807) is 31.3 Å². The first kappa shape index (κ1) is 24.7. The van der Waals surface area contributed by atoms with Gasteiger partial charge in [0.2, 0.25) is 10.0 Å². The molecule has 182 valence electrons. The van der Waals surface area contributed by atoms with E-state index < -0.39 is 16.1 Å². The Morgan fingerprint density at radius 1 is 1.24 bits per heavy atom. The van der Waals surface area contributed by atoms with Gasteiger partial charge >= 0.3 is 0 Å². The minimum absolute atomic E-state index is 0.0677. The summed E-state index contributed by atoms with van der Waals surface area (Å²) < 4.78 is 35.0. The maximum Gasteiger partial charge on any atom is 0.247 e. The average molecular weight is 484 g/mol. The summed E-state index contributed by atoms with van der Waals surface area (Å²) in [6.07, 6.45) is 4.02. The zero-order valence-electron chi connectivity index (χ0n) is 20.0. The molecule has 2 aliphatic rings. The molecular weight excluding hydrogens is 450 g/mol. The molecule has 0 saturated heterocycles. The summed E-state index contributed by atoms with van der Waals surface area (Å²) in [5.41, 5.74) is 1.29. The van der Waals surface area contributed by atoms with Crippen LogP contribution < -0.4 is 4.74 Å². The number of benzene rings is 1. The number of aliphatic hydroxyl groups is 1. The molecule has 4 rings (SSSR count). The van der Waals surface area contributed by atoms with Crippen molar-refractivity contribution in [1.82, 2.24) is 14.2 Å². The third-order valence-corrected chi connectivity index (χ3v) is 8.44. The van der Waals surface area contributed by atoms with Gasteiger partial charge in [-0.2, -0.15) is 4.31 Å². The molecule has 1 aliphatic carbocycles. The first-order chi connectivity index (χ1) is 16.3. The van der Waals surface area contributed by atoms with Gasteiger partial charge in [0.1, 0.15) is 22.4 Å². The van der Waals surface area contributed by atoms with Crippen molar-refractivity contribution in [3.05, 3.63) is 53.9 Å². The molecular formula is C26H33N3O4S. The van der Waals surface area contributed by atoms with Gasteiger partial charge in [-0.1, -0.05) is 18.9 Å². The fraction of sp³-hybridized carbons (Fsp3) is 0.500. The molecule has 3 atom stereocenters. The summed E-state index contributed by atoms with van der Waals surface area (Å²) in [6.45, 7) is 5.49. The van der Waals surface area contributed by atoms with E-state index in [9.17, 15) is 13.5 Å². The van der Waals surface area contributed by atoms with Crippen LogP contribution in [0.3, 0.4) is 0 Å². The minimum atomic E-state index is -3.86. The van der Waals surface area contributed by atoms with Crippen LogP contribution in [-0.2, 0) is 10.0 Å². The predicted octanol–water partition coefficient (Wildman–Crippen LogP) is 2.59. The number of aromatic nitrogens is 1. The second-order valence-corrected chi connectivity index (χ2v) is 11.4. The molecule has 1 saturated carbocycles. The SMILES string of the molecule is C[C@H](CO)N1C[C@H](C)[C@H](CN(C)CC2CC2)Oc2cc(C#Cc3ccccn3)ccc2S1(=O)=O. The number of nitrogens with zero attached hydrogens (tertiary/aromatic N) is 3. The summed E-state index contributed by atoms with van der Waals surface area (Å²) >= 11 is 0. The summed E-state index contributed by atoms with van der Waals surface area (Å²) in [4.78, 5) is 6.60. The largest absolute Gasteiger partial charge is 0.487 e. The topological polar surface area (TPSA) is 83.0 Å². The molecule has 0 radical (unpaired) electrons. The monoisotopic (exact) mass is 483 g/mol. The average Bonchev–Trinajstić information content (AvgIpc) is 3.64. The summed E-state index contributed by atoms with van der Waals surface area (Å²) in [7, 11) is -1.77. The molecule has 0 amide bonds. The Hall–Kier alpha value is -2.44. The molecule has 8 heteroatoms. The second-order valence-electron chi connectivity index (χ2n) is 9.53. The van der Waals surface area contributed by atoms with E-state index in [0.717, 1.165) is 12.5 Å². The van der Waals surface area contributed by atoms with E-state index in [4.69, 9.17) is 4.74 Å². The smallest absolute Gasteiger partial charge is 0.247 e. The number of rotatable bonds is 6. The highest BCUT2D eigenvalue weighted by Gasteiger charge is 2.38. The fourth-order valence-corrected chi connectivity index (χ4v) is 6.04.